The lowest BCUT2D eigenvalue weighted by atomic mass is 10.0. The minimum absolute atomic E-state index is 0.0313. The van der Waals surface area contributed by atoms with Crippen molar-refractivity contribution in [2.75, 3.05) is 25.1 Å². The standard InChI is InChI=1S/C22H22ClFN4O2/c1-30-17-7-4-14(5-8-17)20-12-21(27-26-20)28-10-2-3-16(13-28)25-22(29)15-6-9-19(24)18(23)11-15/h4-9,11-12,16H,2-3,10,13H2,1H3,(H,25,29)(H,26,27)/t16-/m1/s1. The van der Waals surface area contributed by atoms with E-state index >= 15 is 0 Å². The molecule has 1 amide bonds. The molecule has 156 valence electrons. The van der Waals surface area contributed by atoms with Crippen molar-refractivity contribution in [2.45, 2.75) is 18.9 Å². The number of benzene rings is 2. The third-order valence-corrected chi connectivity index (χ3v) is 5.52. The molecule has 0 aliphatic carbocycles. The summed E-state index contributed by atoms with van der Waals surface area (Å²) in [4.78, 5) is 14.7. The van der Waals surface area contributed by atoms with Gasteiger partial charge in [0.05, 0.1) is 17.8 Å². The quantitative estimate of drug-likeness (QED) is 0.636. The molecule has 0 spiro atoms. The summed E-state index contributed by atoms with van der Waals surface area (Å²) in [5, 5.41) is 10.5. The van der Waals surface area contributed by atoms with Crippen molar-refractivity contribution in [3.8, 4) is 17.0 Å². The predicted octanol–water partition coefficient (Wildman–Crippen LogP) is 4.28. The number of methoxy groups -OCH3 is 1. The predicted molar refractivity (Wildman–Crippen MR) is 115 cm³/mol. The Kier molecular flexibility index (Phi) is 5.90. The highest BCUT2D eigenvalue weighted by molar-refractivity contribution is 6.31. The highest BCUT2D eigenvalue weighted by atomic mass is 35.5. The van der Waals surface area contributed by atoms with Gasteiger partial charge < -0.3 is 15.0 Å². The van der Waals surface area contributed by atoms with Crippen LogP contribution in [-0.4, -0.2) is 42.3 Å². The molecule has 0 bridgehead atoms. The molecular weight excluding hydrogens is 407 g/mol. The minimum Gasteiger partial charge on any atom is -0.497 e. The van der Waals surface area contributed by atoms with E-state index in [0.717, 1.165) is 42.2 Å². The van der Waals surface area contributed by atoms with Crippen molar-refractivity contribution in [3.63, 3.8) is 0 Å². The van der Waals surface area contributed by atoms with Gasteiger partial charge in [-0.25, -0.2) is 4.39 Å². The Hall–Kier alpha value is -3.06. The fourth-order valence-corrected chi connectivity index (χ4v) is 3.78. The van der Waals surface area contributed by atoms with Crippen LogP contribution in [-0.2, 0) is 0 Å². The van der Waals surface area contributed by atoms with Crippen LogP contribution in [0.15, 0.2) is 48.5 Å². The van der Waals surface area contributed by atoms with Gasteiger partial charge in [0, 0.05) is 30.8 Å². The molecule has 8 heteroatoms. The third-order valence-electron chi connectivity index (χ3n) is 5.23. The van der Waals surface area contributed by atoms with Crippen LogP contribution in [0.25, 0.3) is 11.3 Å². The number of ether oxygens (including phenoxy) is 1. The number of hydrogen-bond donors (Lipinski definition) is 2. The van der Waals surface area contributed by atoms with Gasteiger partial charge in [0.2, 0.25) is 0 Å². The van der Waals surface area contributed by atoms with Gasteiger partial charge >= 0.3 is 0 Å². The number of carbonyl (C=O) groups excluding carboxylic acids is 1. The zero-order valence-electron chi connectivity index (χ0n) is 16.5. The molecule has 2 aromatic carbocycles. The molecule has 4 rings (SSSR count). The topological polar surface area (TPSA) is 70.2 Å². The van der Waals surface area contributed by atoms with E-state index in [2.05, 4.69) is 20.4 Å². The van der Waals surface area contributed by atoms with Gasteiger partial charge in [-0.3, -0.25) is 9.89 Å². The monoisotopic (exact) mass is 428 g/mol. The zero-order valence-corrected chi connectivity index (χ0v) is 17.2. The molecule has 6 nitrogen and oxygen atoms in total. The second kappa shape index (κ2) is 8.75. The number of H-pyrrole nitrogens is 1. The number of halogens is 2. The van der Waals surface area contributed by atoms with Gasteiger partial charge in [-0.15, -0.1) is 0 Å². The van der Waals surface area contributed by atoms with Gasteiger partial charge in [0.25, 0.3) is 5.91 Å². The lowest BCUT2D eigenvalue weighted by Crippen LogP contribution is -2.48. The van der Waals surface area contributed by atoms with Gasteiger partial charge in [-0.1, -0.05) is 11.6 Å². The molecule has 0 saturated carbocycles. The maximum atomic E-state index is 13.3. The van der Waals surface area contributed by atoms with Crippen LogP contribution in [0, 0.1) is 5.82 Å². The molecule has 1 saturated heterocycles. The summed E-state index contributed by atoms with van der Waals surface area (Å²) in [6, 6.07) is 13.7. The molecular formula is C22H22ClFN4O2. The summed E-state index contributed by atoms with van der Waals surface area (Å²) in [5.41, 5.74) is 2.28. The van der Waals surface area contributed by atoms with E-state index in [1.165, 1.54) is 18.2 Å². The number of nitrogens with zero attached hydrogens (tertiary/aromatic N) is 2. The molecule has 0 radical (unpaired) electrons. The van der Waals surface area contributed by atoms with Gasteiger partial charge in [0.15, 0.2) is 5.82 Å². The SMILES string of the molecule is COc1ccc(-c2cc(N3CCC[C@@H](NC(=O)c4ccc(F)c(Cl)c4)C3)n[nH]2)cc1. The first-order valence-corrected chi connectivity index (χ1v) is 10.1. The van der Waals surface area contributed by atoms with Crippen LogP contribution < -0.4 is 15.0 Å². The van der Waals surface area contributed by atoms with Crippen LogP contribution in [0.5, 0.6) is 5.75 Å². The first kappa shape index (κ1) is 20.2. The van der Waals surface area contributed by atoms with Gasteiger partial charge in [-0.05, 0) is 60.9 Å². The van der Waals surface area contributed by atoms with Crippen molar-refractivity contribution in [2.24, 2.45) is 0 Å². The highest BCUT2D eigenvalue weighted by Crippen LogP contribution is 2.26. The van der Waals surface area contributed by atoms with E-state index in [1.807, 2.05) is 30.3 Å². The summed E-state index contributed by atoms with van der Waals surface area (Å²) < 4.78 is 18.5. The lowest BCUT2D eigenvalue weighted by molar-refractivity contribution is 0.0933. The lowest BCUT2D eigenvalue weighted by Gasteiger charge is -2.33. The van der Waals surface area contributed by atoms with Crippen molar-refractivity contribution >= 4 is 23.3 Å². The van der Waals surface area contributed by atoms with E-state index in [9.17, 15) is 9.18 Å². The summed E-state index contributed by atoms with van der Waals surface area (Å²) in [7, 11) is 1.64. The summed E-state index contributed by atoms with van der Waals surface area (Å²) in [6.45, 7) is 1.51. The number of piperidine rings is 1. The number of carbonyl (C=O) groups is 1. The van der Waals surface area contributed by atoms with Crippen molar-refractivity contribution in [1.29, 1.82) is 0 Å². The van der Waals surface area contributed by atoms with Crippen LogP contribution in [0.4, 0.5) is 10.2 Å². The number of nitrogens with one attached hydrogen (secondary N) is 2. The van der Waals surface area contributed by atoms with Crippen molar-refractivity contribution < 1.29 is 13.9 Å². The van der Waals surface area contributed by atoms with Crippen LogP contribution in [0.3, 0.4) is 0 Å². The molecule has 1 atom stereocenters. The van der Waals surface area contributed by atoms with E-state index in [4.69, 9.17) is 16.3 Å². The van der Waals surface area contributed by atoms with E-state index in [1.54, 1.807) is 7.11 Å². The Bertz CT molecular complexity index is 1040. The minimum atomic E-state index is -0.539. The smallest absolute Gasteiger partial charge is 0.251 e. The second-order valence-corrected chi connectivity index (χ2v) is 7.66. The molecule has 3 aromatic rings. The van der Waals surface area contributed by atoms with Gasteiger partial charge in [0.1, 0.15) is 11.6 Å². The molecule has 0 unspecified atom stereocenters. The summed E-state index contributed by atoms with van der Waals surface area (Å²) >= 11 is 5.79. The molecule has 2 N–H and O–H groups in total. The summed E-state index contributed by atoms with van der Waals surface area (Å²) in [5.74, 6) is 0.841. The first-order valence-electron chi connectivity index (χ1n) is 9.74. The second-order valence-electron chi connectivity index (χ2n) is 7.26. The largest absolute Gasteiger partial charge is 0.497 e. The maximum absolute atomic E-state index is 13.3. The molecule has 1 aliphatic heterocycles. The van der Waals surface area contributed by atoms with Crippen LogP contribution in [0.1, 0.15) is 23.2 Å². The Labute approximate surface area is 179 Å². The maximum Gasteiger partial charge on any atom is 0.251 e. The average molecular weight is 429 g/mol. The number of rotatable bonds is 5. The Morgan fingerprint density at radius 2 is 2.07 bits per heavy atom. The number of anilines is 1. The number of aromatic amines is 1. The number of amides is 1. The fourth-order valence-electron chi connectivity index (χ4n) is 3.60. The molecule has 1 aromatic heterocycles. The van der Waals surface area contributed by atoms with E-state index in [-0.39, 0.29) is 17.0 Å². The number of aromatic nitrogens is 2. The molecule has 1 aliphatic rings. The molecule has 2 heterocycles. The van der Waals surface area contributed by atoms with Crippen molar-refractivity contribution in [1.82, 2.24) is 15.5 Å². The van der Waals surface area contributed by atoms with E-state index in [0.29, 0.717) is 12.1 Å². The Balaban J connectivity index is 1.42. The summed E-state index contributed by atoms with van der Waals surface area (Å²) in [6.07, 6.45) is 1.80. The van der Waals surface area contributed by atoms with Crippen LogP contribution in [0.2, 0.25) is 5.02 Å². The molecule has 30 heavy (non-hydrogen) atoms. The Morgan fingerprint density at radius 3 is 2.80 bits per heavy atom. The zero-order chi connectivity index (χ0) is 21.1. The van der Waals surface area contributed by atoms with Gasteiger partial charge in [-0.2, -0.15) is 5.10 Å². The van der Waals surface area contributed by atoms with E-state index < -0.39 is 5.82 Å². The normalized spacial score (nSPS) is 16.4. The fraction of sp³-hybridized carbons (Fsp3) is 0.273. The highest BCUT2D eigenvalue weighted by Gasteiger charge is 2.24. The van der Waals surface area contributed by atoms with Crippen molar-refractivity contribution in [3.05, 3.63) is 64.9 Å². The van der Waals surface area contributed by atoms with Crippen LogP contribution >= 0.6 is 11.6 Å². The Morgan fingerprint density at radius 1 is 1.27 bits per heavy atom. The molecule has 1 fully saturated rings. The number of hydrogen-bond acceptors (Lipinski definition) is 4. The first-order chi connectivity index (χ1) is 14.5. The third kappa shape index (κ3) is 4.41. The average Bonchev–Trinajstić information content (AvgIpc) is 3.26.